The van der Waals surface area contributed by atoms with Crippen molar-refractivity contribution < 1.29 is 27.2 Å². The molecule has 30 heavy (non-hydrogen) atoms. The Labute approximate surface area is 173 Å². The number of benzene rings is 1. The van der Waals surface area contributed by atoms with Crippen LogP contribution in [0.1, 0.15) is 43.0 Å². The molecular weight excluding hydrogens is 399 g/mol. The molecule has 1 aromatic carbocycles. The summed E-state index contributed by atoms with van der Waals surface area (Å²) in [7, 11) is 0. The largest absolute Gasteiger partial charge is 0.573 e. The van der Waals surface area contributed by atoms with Crippen molar-refractivity contribution in [3.8, 4) is 5.75 Å². The van der Waals surface area contributed by atoms with E-state index in [1.54, 1.807) is 6.07 Å². The van der Waals surface area contributed by atoms with Crippen LogP contribution >= 0.6 is 0 Å². The van der Waals surface area contributed by atoms with E-state index in [2.05, 4.69) is 19.8 Å². The molecule has 1 atom stereocenters. The second-order valence-electron chi connectivity index (χ2n) is 8.30. The highest BCUT2D eigenvalue weighted by atomic mass is 19.4. The highest BCUT2D eigenvalue weighted by Crippen LogP contribution is 2.39. The van der Waals surface area contributed by atoms with Crippen molar-refractivity contribution in [1.82, 2.24) is 15.0 Å². The topological polar surface area (TPSA) is 60.6 Å². The first-order valence-corrected chi connectivity index (χ1v) is 10.3. The molecule has 0 N–H and O–H groups in total. The molecule has 3 heterocycles. The summed E-state index contributed by atoms with van der Waals surface area (Å²) in [6, 6.07) is 6.20. The summed E-state index contributed by atoms with van der Waals surface area (Å²) in [5.41, 5.74) is 0.678. The Morgan fingerprint density at radius 1 is 1.27 bits per heavy atom. The molecule has 1 aromatic heterocycles. The van der Waals surface area contributed by atoms with Crippen molar-refractivity contribution in [2.45, 2.75) is 57.5 Å². The molecule has 9 heteroatoms. The van der Waals surface area contributed by atoms with Crippen LogP contribution < -0.4 is 4.74 Å². The van der Waals surface area contributed by atoms with Gasteiger partial charge >= 0.3 is 6.36 Å². The zero-order chi connectivity index (χ0) is 21.2. The van der Waals surface area contributed by atoms with E-state index in [0.29, 0.717) is 24.2 Å². The van der Waals surface area contributed by atoms with E-state index in [1.807, 2.05) is 13.0 Å². The van der Waals surface area contributed by atoms with Gasteiger partial charge in [-0.25, -0.2) is 0 Å². The summed E-state index contributed by atoms with van der Waals surface area (Å²) >= 11 is 0. The number of hydrogen-bond donors (Lipinski definition) is 0. The normalized spacial score (nSPS) is 22.3. The van der Waals surface area contributed by atoms with Crippen molar-refractivity contribution in [2.24, 2.45) is 5.92 Å². The Kier molecular flexibility index (Phi) is 6.02. The van der Waals surface area contributed by atoms with Gasteiger partial charge in [0.2, 0.25) is 5.89 Å². The van der Waals surface area contributed by atoms with Gasteiger partial charge in [0.15, 0.2) is 5.82 Å². The third-order valence-electron chi connectivity index (χ3n) is 5.93. The van der Waals surface area contributed by atoms with Crippen LogP contribution in [-0.4, -0.2) is 46.7 Å². The van der Waals surface area contributed by atoms with Crippen molar-refractivity contribution >= 4 is 0 Å². The average Bonchev–Trinajstić information content (AvgIpc) is 3.08. The summed E-state index contributed by atoms with van der Waals surface area (Å²) in [4.78, 5) is 6.58. The molecule has 1 spiro atoms. The summed E-state index contributed by atoms with van der Waals surface area (Å²) < 4.78 is 52.9. The van der Waals surface area contributed by atoms with Gasteiger partial charge in [0, 0.05) is 32.7 Å². The molecule has 6 nitrogen and oxygen atoms in total. The quantitative estimate of drug-likeness (QED) is 0.713. The molecule has 2 aliphatic rings. The minimum Gasteiger partial charge on any atom is -0.406 e. The van der Waals surface area contributed by atoms with E-state index in [1.165, 1.54) is 12.1 Å². The number of halogens is 3. The number of ether oxygens (including phenoxy) is 2. The van der Waals surface area contributed by atoms with Crippen LogP contribution in [-0.2, 0) is 17.7 Å². The third kappa shape index (κ3) is 5.51. The predicted octanol–water partition coefficient (Wildman–Crippen LogP) is 4.28. The lowest BCUT2D eigenvalue weighted by atomic mass is 9.78. The Bertz CT molecular complexity index is 847. The maximum absolute atomic E-state index is 12.4. The average molecular weight is 425 g/mol. The van der Waals surface area contributed by atoms with E-state index in [4.69, 9.17) is 9.26 Å². The van der Waals surface area contributed by atoms with Crippen molar-refractivity contribution in [3.63, 3.8) is 0 Å². The Hall–Kier alpha value is -2.13. The van der Waals surface area contributed by atoms with Gasteiger partial charge in [-0.3, -0.25) is 4.90 Å². The van der Waals surface area contributed by atoms with Crippen LogP contribution in [0.3, 0.4) is 0 Å². The molecule has 2 aliphatic heterocycles. The molecule has 0 bridgehead atoms. The molecular formula is C21H26F3N3O3. The molecule has 4 rings (SSSR count). The fraction of sp³-hybridized carbons (Fsp3) is 0.619. The van der Waals surface area contributed by atoms with Crippen molar-refractivity contribution in [2.75, 3.05) is 19.7 Å². The van der Waals surface area contributed by atoms with E-state index in [0.717, 1.165) is 57.4 Å². The lowest BCUT2D eigenvalue weighted by Crippen LogP contribution is -2.49. The highest BCUT2D eigenvalue weighted by Gasteiger charge is 2.40. The van der Waals surface area contributed by atoms with E-state index in [9.17, 15) is 13.2 Å². The second-order valence-corrected chi connectivity index (χ2v) is 8.30. The third-order valence-corrected chi connectivity index (χ3v) is 5.93. The van der Waals surface area contributed by atoms with Crippen LogP contribution in [0.5, 0.6) is 5.75 Å². The van der Waals surface area contributed by atoms with Gasteiger partial charge in [0.1, 0.15) is 5.75 Å². The van der Waals surface area contributed by atoms with Gasteiger partial charge < -0.3 is 14.0 Å². The van der Waals surface area contributed by atoms with Gasteiger partial charge in [-0.2, -0.15) is 4.98 Å². The first-order valence-electron chi connectivity index (χ1n) is 10.3. The number of aromatic nitrogens is 2. The van der Waals surface area contributed by atoms with Crippen molar-refractivity contribution in [3.05, 3.63) is 41.5 Å². The minimum absolute atomic E-state index is 0.129. The predicted molar refractivity (Wildman–Crippen MR) is 102 cm³/mol. The Morgan fingerprint density at radius 3 is 2.77 bits per heavy atom. The zero-order valence-corrected chi connectivity index (χ0v) is 17.0. The SMILES string of the molecule is Cc1noc(CC2CCOC3(CCN(Cc4cccc(OC(F)(F)F)c4)CC3)C2)n1. The van der Waals surface area contributed by atoms with Crippen LogP contribution in [0, 0.1) is 12.8 Å². The van der Waals surface area contributed by atoms with Gasteiger partial charge in [0.05, 0.1) is 5.60 Å². The summed E-state index contributed by atoms with van der Waals surface area (Å²) in [6.45, 7) is 4.83. The molecule has 1 unspecified atom stereocenters. The summed E-state index contributed by atoms with van der Waals surface area (Å²) in [6.07, 6.45) is -0.126. The zero-order valence-electron chi connectivity index (χ0n) is 17.0. The molecule has 2 saturated heterocycles. The lowest BCUT2D eigenvalue weighted by molar-refractivity contribution is -0.274. The van der Waals surface area contributed by atoms with Gasteiger partial charge in [-0.05, 0) is 56.2 Å². The first kappa shape index (κ1) is 21.1. The van der Waals surface area contributed by atoms with Crippen molar-refractivity contribution in [1.29, 1.82) is 0 Å². The molecule has 0 saturated carbocycles. The standard InChI is InChI=1S/C21H26F3N3O3/c1-15-25-19(30-26-15)12-16-5-10-28-20(13-16)6-8-27(9-7-20)14-17-3-2-4-18(11-17)29-21(22,23)24/h2-4,11,16H,5-10,12-14H2,1H3. The maximum atomic E-state index is 12.4. The van der Waals surface area contributed by atoms with Crippen LogP contribution in [0.2, 0.25) is 0 Å². The number of hydrogen-bond acceptors (Lipinski definition) is 6. The summed E-state index contributed by atoms with van der Waals surface area (Å²) in [5.74, 6) is 1.63. The monoisotopic (exact) mass is 425 g/mol. The number of alkyl halides is 3. The fourth-order valence-corrected chi connectivity index (χ4v) is 4.54. The van der Waals surface area contributed by atoms with Crippen LogP contribution in [0.25, 0.3) is 0 Å². The smallest absolute Gasteiger partial charge is 0.406 e. The van der Waals surface area contributed by atoms with Crippen LogP contribution in [0.15, 0.2) is 28.8 Å². The molecule has 0 aliphatic carbocycles. The van der Waals surface area contributed by atoms with Gasteiger partial charge in [0.25, 0.3) is 0 Å². The lowest BCUT2D eigenvalue weighted by Gasteiger charge is -2.46. The van der Waals surface area contributed by atoms with Gasteiger partial charge in [-0.1, -0.05) is 17.3 Å². The number of aryl methyl sites for hydroxylation is 1. The van der Waals surface area contributed by atoms with E-state index >= 15 is 0 Å². The second kappa shape index (κ2) is 8.55. The fourth-order valence-electron chi connectivity index (χ4n) is 4.54. The Morgan fingerprint density at radius 2 is 2.07 bits per heavy atom. The number of piperidine rings is 1. The van der Waals surface area contributed by atoms with Crippen LogP contribution in [0.4, 0.5) is 13.2 Å². The molecule has 2 fully saturated rings. The van der Waals surface area contributed by atoms with E-state index in [-0.39, 0.29) is 11.4 Å². The first-order chi connectivity index (χ1) is 14.3. The maximum Gasteiger partial charge on any atom is 0.573 e. The number of rotatable bonds is 5. The molecule has 0 amide bonds. The van der Waals surface area contributed by atoms with Gasteiger partial charge in [-0.15, -0.1) is 13.2 Å². The highest BCUT2D eigenvalue weighted by molar-refractivity contribution is 5.28. The Balaban J connectivity index is 1.30. The minimum atomic E-state index is -4.68. The van der Waals surface area contributed by atoms with E-state index < -0.39 is 6.36 Å². The molecule has 2 aromatic rings. The summed E-state index contributed by atoms with van der Waals surface area (Å²) in [5, 5.41) is 3.87. The number of likely N-dealkylation sites (tertiary alicyclic amines) is 1. The number of nitrogens with zero attached hydrogens (tertiary/aromatic N) is 3. The molecule has 164 valence electrons. The molecule has 0 radical (unpaired) electrons.